The first-order valence-electron chi connectivity index (χ1n) is 9.82. The minimum absolute atomic E-state index is 0. The molecule has 0 aliphatic carbocycles. The van der Waals surface area contributed by atoms with E-state index in [1.165, 1.54) is 0 Å². The highest BCUT2D eigenvalue weighted by atomic mass is 16.5. The number of nitrogens with one attached hydrogen (secondary N) is 1. The Morgan fingerprint density at radius 3 is 2.26 bits per heavy atom. The zero-order valence-electron chi connectivity index (χ0n) is 17.4. The van der Waals surface area contributed by atoms with E-state index in [2.05, 4.69) is 26.1 Å². The van der Waals surface area contributed by atoms with Crippen LogP contribution in [0.15, 0.2) is 78.9 Å². The Balaban J connectivity index is 0.00000272. The number of hydrogen-bond acceptors (Lipinski definition) is 3. The van der Waals surface area contributed by atoms with Gasteiger partial charge in [0.2, 0.25) is 0 Å². The van der Waals surface area contributed by atoms with E-state index in [0.717, 1.165) is 33.8 Å². The normalized spacial score (nSPS) is 11.1. The lowest BCUT2D eigenvalue weighted by Gasteiger charge is -2.23. The third kappa shape index (κ3) is 5.32. The summed E-state index contributed by atoms with van der Waals surface area (Å²) in [6.07, 6.45) is 0. The highest BCUT2D eigenvalue weighted by molar-refractivity contribution is 5.90. The Labute approximate surface area is 183 Å². The Hall–Kier alpha value is -3.57. The van der Waals surface area contributed by atoms with Crippen LogP contribution >= 0.6 is 0 Å². The summed E-state index contributed by atoms with van der Waals surface area (Å²) < 4.78 is 12.1. The predicted octanol–water partition coefficient (Wildman–Crippen LogP) is 6.15. The molecule has 0 aliphatic rings. The van der Waals surface area contributed by atoms with Gasteiger partial charge in [0, 0.05) is 10.9 Å². The van der Waals surface area contributed by atoms with E-state index < -0.39 is 0 Å². The van der Waals surface area contributed by atoms with Gasteiger partial charge in [0.15, 0.2) is 0 Å². The number of benzene rings is 3. The highest BCUT2D eigenvalue weighted by Crippen LogP contribution is 2.26. The number of hydrogen-bond donors (Lipinski definition) is 1. The Bertz CT molecular complexity index is 1160. The second kappa shape index (κ2) is 9.06. The van der Waals surface area contributed by atoms with Gasteiger partial charge in [-0.3, -0.25) is 4.48 Å². The number of rotatable bonds is 6. The van der Waals surface area contributed by atoms with Crippen LogP contribution in [0.3, 0.4) is 0 Å². The van der Waals surface area contributed by atoms with Gasteiger partial charge in [-0.05, 0) is 60.7 Å². The van der Waals surface area contributed by atoms with Crippen LogP contribution in [0, 0.1) is 0 Å². The predicted molar refractivity (Wildman–Crippen MR) is 127 cm³/mol. The third-order valence-corrected chi connectivity index (χ3v) is 4.86. The topological polar surface area (TPSA) is 51.3 Å². The highest BCUT2D eigenvalue weighted by Gasteiger charge is 2.14. The molecule has 0 saturated heterocycles. The van der Waals surface area contributed by atoms with Gasteiger partial charge in [-0.25, -0.2) is 4.79 Å². The van der Waals surface area contributed by atoms with E-state index in [-0.39, 0.29) is 20.0 Å². The monoisotopic (exact) mass is 417 g/mol. The summed E-state index contributed by atoms with van der Waals surface area (Å²) in [5, 5.41) is 1.00. The lowest BCUT2D eigenvalue weighted by atomic mass is 10.2. The number of ether oxygens (including phenoxy) is 2. The molecular weight excluding hydrogens is 388 g/mol. The fraction of sp³-hybridized carbons (Fsp3) is 0.192. The van der Waals surface area contributed by atoms with Gasteiger partial charge in [0.1, 0.15) is 23.8 Å². The van der Waals surface area contributed by atoms with E-state index in [0.29, 0.717) is 10.0 Å². The number of H-pyrrole nitrogens is 1. The number of para-hydroxylation sites is 1. The smallest absolute Gasteiger partial charge is 0.338 e. The average molecular weight is 418 g/mol. The quantitative estimate of drug-likeness (QED) is 0.302. The van der Waals surface area contributed by atoms with E-state index in [1.54, 1.807) is 12.1 Å². The van der Waals surface area contributed by atoms with E-state index in [4.69, 9.17) is 9.47 Å². The Morgan fingerprint density at radius 2 is 1.58 bits per heavy atom. The maximum Gasteiger partial charge on any atom is 0.338 e. The van der Waals surface area contributed by atoms with Gasteiger partial charge in [-0.1, -0.05) is 25.6 Å². The van der Waals surface area contributed by atoms with Crippen LogP contribution in [-0.4, -0.2) is 32.1 Å². The number of carbonyl (C=O) groups is 1. The average Bonchev–Trinajstić information content (AvgIpc) is 3.14. The maximum absolute atomic E-state index is 12.4. The van der Waals surface area contributed by atoms with Crippen molar-refractivity contribution in [2.45, 2.75) is 14.0 Å². The molecule has 0 unspecified atom stereocenters. The molecule has 0 aliphatic heterocycles. The van der Waals surface area contributed by atoms with Crippen molar-refractivity contribution in [3.63, 3.8) is 0 Å². The van der Waals surface area contributed by atoms with E-state index >= 15 is 0 Å². The fourth-order valence-electron chi connectivity index (χ4n) is 3.21. The summed E-state index contributed by atoms with van der Waals surface area (Å²) in [4.78, 5) is 15.7. The van der Waals surface area contributed by atoms with Gasteiger partial charge in [0.05, 0.1) is 32.4 Å². The number of esters is 1. The van der Waals surface area contributed by atoms with Crippen molar-refractivity contribution in [3.8, 4) is 11.5 Å². The molecule has 0 fully saturated rings. The van der Waals surface area contributed by atoms with Crippen LogP contribution < -0.4 is 9.22 Å². The molecule has 1 aromatic heterocycles. The van der Waals surface area contributed by atoms with E-state index in [1.807, 2.05) is 66.7 Å². The first-order chi connectivity index (χ1) is 14.4. The van der Waals surface area contributed by atoms with Crippen molar-refractivity contribution in [2.75, 3.05) is 21.1 Å². The third-order valence-electron chi connectivity index (χ3n) is 4.86. The SMILES string of the molecule is C.C[N+](C)(C)c1ccc(C(=O)OCc2cc3cc(Oc4ccccc4)ccc3[nH]2)cc1. The summed E-state index contributed by atoms with van der Waals surface area (Å²) in [6.45, 7) is 0.180. The van der Waals surface area contributed by atoms with Crippen molar-refractivity contribution in [2.24, 2.45) is 0 Å². The van der Waals surface area contributed by atoms with Gasteiger partial charge in [0.25, 0.3) is 0 Å². The molecular formula is C26H29N2O3+. The largest absolute Gasteiger partial charge is 0.457 e. The van der Waals surface area contributed by atoms with Gasteiger partial charge >= 0.3 is 5.97 Å². The number of aromatic nitrogens is 1. The summed E-state index contributed by atoms with van der Waals surface area (Å²) in [7, 11) is 6.25. The van der Waals surface area contributed by atoms with Gasteiger partial charge in [-0.15, -0.1) is 0 Å². The molecule has 1 N–H and O–H groups in total. The molecule has 0 radical (unpaired) electrons. The minimum Gasteiger partial charge on any atom is -0.457 e. The first kappa shape index (κ1) is 22.1. The number of carbonyl (C=O) groups excluding carboxylic acids is 1. The molecule has 0 spiro atoms. The zero-order valence-corrected chi connectivity index (χ0v) is 17.4. The molecule has 31 heavy (non-hydrogen) atoms. The maximum atomic E-state index is 12.4. The summed E-state index contributed by atoms with van der Waals surface area (Å²) in [6, 6.07) is 25.0. The molecule has 0 bridgehead atoms. The summed E-state index contributed by atoms with van der Waals surface area (Å²) in [5.74, 6) is 1.21. The lowest BCUT2D eigenvalue weighted by Crippen LogP contribution is -2.34. The van der Waals surface area contributed by atoms with Gasteiger partial charge in [-0.2, -0.15) is 0 Å². The molecule has 0 amide bonds. The Morgan fingerprint density at radius 1 is 0.871 bits per heavy atom. The molecule has 0 atom stereocenters. The number of nitrogens with zero attached hydrogens (tertiary/aromatic N) is 1. The molecule has 4 aromatic rings. The van der Waals surface area contributed by atoms with Gasteiger partial charge < -0.3 is 14.5 Å². The number of fused-ring (bicyclic) bond motifs is 1. The van der Waals surface area contributed by atoms with Crippen molar-refractivity contribution < 1.29 is 14.3 Å². The van der Waals surface area contributed by atoms with E-state index in [9.17, 15) is 4.79 Å². The Kier molecular flexibility index (Phi) is 6.47. The summed E-state index contributed by atoms with van der Waals surface area (Å²) in [5.41, 5.74) is 3.46. The van der Waals surface area contributed by atoms with Crippen LogP contribution in [0.2, 0.25) is 0 Å². The van der Waals surface area contributed by atoms with Crippen molar-refractivity contribution in [1.82, 2.24) is 9.47 Å². The fourth-order valence-corrected chi connectivity index (χ4v) is 3.21. The molecule has 4 rings (SSSR count). The van der Waals surface area contributed by atoms with Crippen LogP contribution in [-0.2, 0) is 11.3 Å². The first-order valence-corrected chi connectivity index (χ1v) is 9.82. The molecule has 3 aromatic carbocycles. The van der Waals surface area contributed by atoms with Crippen molar-refractivity contribution >= 4 is 22.6 Å². The second-order valence-corrected chi connectivity index (χ2v) is 8.09. The van der Waals surface area contributed by atoms with Crippen LogP contribution in [0.25, 0.3) is 10.9 Å². The van der Waals surface area contributed by atoms with Crippen LogP contribution in [0.4, 0.5) is 5.69 Å². The minimum atomic E-state index is -0.338. The molecule has 5 heteroatoms. The molecule has 5 nitrogen and oxygen atoms in total. The summed E-state index contributed by atoms with van der Waals surface area (Å²) >= 11 is 0. The number of aromatic amines is 1. The number of quaternary nitrogens is 1. The molecule has 1 heterocycles. The van der Waals surface area contributed by atoms with Crippen LogP contribution in [0.1, 0.15) is 23.5 Å². The van der Waals surface area contributed by atoms with Crippen molar-refractivity contribution in [3.05, 3.63) is 90.1 Å². The standard InChI is InChI=1S/C25H25N2O3.CH4/c1-27(2,3)21-11-9-18(10-12-21)25(28)29-17-20-15-19-16-23(13-14-24(19)26-20)30-22-7-5-4-6-8-22;/h4-16,26H,17H2,1-3H3;1H4/q+1;. The molecule has 0 saturated carbocycles. The van der Waals surface area contributed by atoms with Crippen LogP contribution in [0.5, 0.6) is 11.5 Å². The van der Waals surface area contributed by atoms with Crippen molar-refractivity contribution in [1.29, 1.82) is 0 Å². The lowest BCUT2D eigenvalue weighted by molar-refractivity contribution is 0.0468. The second-order valence-electron chi connectivity index (χ2n) is 8.09. The molecule has 160 valence electrons. The zero-order chi connectivity index (χ0) is 21.1.